The average Bonchev–Trinajstić information content (AvgIpc) is 3.71. The molecule has 1 fully saturated rings. The van der Waals surface area contributed by atoms with Crippen molar-refractivity contribution in [2.45, 2.75) is 116 Å². The molecule has 286 valence electrons. The molecule has 5 aromatic rings. The smallest absolute Gasteiger partial charge is 1.00 e. The van der Waals surface area contributed by atoms with Crippen LogP contribution in [0.5, 0.6) is 0 Å². The van der Waals surface area contributed by atoms with E-state index in [0.29, 0.717) is 5.41 Å². The van der Waals surface area contributed by atoms with Gasteiger partial charge >= 0.3 is 34.6 Å². The van der Waals surface area contributed by atoms with Crippen LogP contribution in [-0.2, 0) is 53.1 Å². The number of fused-ring (bicyclic) bond motifs is 3. The van der Waals surface area contributed by atoms with Gasteiger partial charge in [0.25, 0.3) is 0 Å². The molecule has 0 nitrogen and oxygen atoms in total. The molecule has 1 saturated carbocycles. The van der Waals surface area contributed by atoms with E-state index in [1.807, 2.05) is 6.07 Å². The zero-order chi connectivity index (χ0) is 38.1. The maximum atomic E-state index is 13.2. The van der Waals surface area contributed by atoms with Crippen molar-refractivity contribution in [3.63, 3.8) is 0 Å². The van der Waals surface area contributed by atoms with E-state index in [0.717, 1.165) is 28.7 Å². The Balaban J connectivity index is 0.000000388. The second-order valence-corrected chi connectivity index (χ2v) is 16.9. The number of alkyl halides is 3. The Morgan fingerprint density at radius 1 is 0.704 bits per heavy atom. The Morgan fingerprint density at radius 2 is 1.28 bits per heavy atom. The Labute approximate surface area is 349 Å². The van der Waals surface area contributed by atoms with Crippen LogP contribution < -0.4 is 24.8 Å². The van der Waals surface area contributed by atoms with E-state index in [1.165, 1.54) is 107 Å². The molecular formula is C48H53Cl2F3Zr-2. The van der Waals surface area contributed by atoms with Crippen molar-refractivity contribution in [3.8, 4) is 33.4 Å². The van der Waals surface area contributed by atoms with Crippen LogP contribution in [0.25, 0.3) is 33.4 Å². The number of aryl methyl sites for hydroxylation is 1. The van der Waals surface area contributed by atoms with E-state index in [4.69, 9.17) is 0 Å². The molecule has 7 rings (SSSR count). The van der Waals surface area contributed by atoms with Gasteiger partial charge in [0.05, 0.1) is 5.56 Å². The predicted octanol–water partition coefficient (Wildman–Crippen LogP) is 7.91. The van der Waals surface area contributed by atoms with Gasteiger partial charge in [0.1, 0.15) is 0 Å². The summed E-state index contributed by atoms with van der Waals surface area (Å²) in [5, 5.41) is 0. The van der Waals surface area contributed by atoms with Gasteiger partial charge in [0.2, 0.25) is 0 Å². The minimum Gasteiger partial charge on any atom is -1.00 e. The quantitative estimate of drug-likeness (QED) is 0.159. The molecule has 0 aliphatic heterocycles. The maximum absolute atomic E-state index is 13.2. The van der Waals surface area contributed by atoms with Gasteiger partial charge in [-0.3, -0.25) is 0 Å². The summed E-state index contributed by atoms with van der Waals surface area (Å²) in [7, 11) is 0. The summed E-state index contributed by atoms with van der Waals surface area (Å²) in [6, 6.07) is 33.5. The fourth-order valence-corrected chi connectivity index (χ4v) is 7.88. The van der Waals surface area contributed by atoms with Crippen molar-refractivity contribution >= 4 is 4.21 Å². The second kappa shape index (κ2) is 18.1. The van der Waals surface area contributed by atoms with Crippen LogP contribution in [0.4, 0.5) is 13.2 Å². The SMILES string of the molecule is CC(C)(C)c1cc2c([c-]c1-c1ccc(C(F)(F)F)cc1)Cc1cc(-c3ccccc3)c(C(C)(C)C)cc1-2.Cc1cc(C2(C)CCCCC2)c[cH-]1.[CH2]=[Zr+2].[Cl-].[Cl-]. The molecule has 0 bridgehead atoms. The summed E-state index contributed by atoms with van der Waals surface area (Å²) in [6.07, 6.45) is 3.45. The van der Waals surface area contributed by atoms with Crippen LogP contribution in [0.15, 0.2) is 91.0 Å². The number of benzene rings is 4. The summed E-state index contributed by atoms with van der Waals surface area (Å²) in [6.45, 7) is 17.8. The Morgan fingerprint density at radius 3 is 1.80 bits per heavy atom. The van der Waals surface area contributed by atoms with Gasteiger partial charge in [0, 0.05) is 0 Å². The fraction of sp³-hybridized carbons (Fsp3) is 0.375. The van der Waals surface area contributed by atoms with E-state index in [2.05, 4.69) is 126 Å². The molecule has 0 spiro atoms. The van der Waals surface area contributed by atoms with Crippen molar-refractivity contribution < 1.29 is 62.2 Å². The van der Waals surface area contributed by atoms with Crippen LogP contribution in [-0.4, -0.2) is 4.21 Å². The van der Waals surface area contributed by atoms with Gasteiger partial charge in [-0.15, -0.1) is 28.8 Å². The number of halogens is 5. The van der Waals surface area contributed by atoms with Gasteiger partial charge < -0.3 is 24.8 Å². The van der Waals surface area contributed by atoms with Crippen molar-refractivity contribution in [2.75, 3.05) is 0 Å². The standard InChI is InChI=1S/C34H32F3.C13H19.CH2.2ClH.Zr/c1-32(2,3)30-19-26-23(17-28(30)21-10-8-7-9-11-21)16-24-18-29(31(20-27(24)26)33(4,5)6)22-12-14-25(15-13-22)34(35,36)37;1-11-6-7-12(10-11)13(2)8-4-3-5-9-13;;;;/h7-15,17,19-20H,16H2,1-6H3;6-7,10H,3-5,8-9H2,1-2H3;1H2;2*1H;/q2*-1;;;;+2/p-2. The van der Waals surface area contributed by atoms with Gasteiger partial charge in [-0.2, -0.15) is 36.4 Å². The molecule has 6 heteroatoms. The van der Waals surface area contributed by atoms with Crippen molar-refractivity contribution in [1.29, 1.82) is 0 Å². The Bertz CT molecular complexity index is 1990. The molecule has 0 heterocycles. The first kappa shape index (κ1) is 45.7. The molecule has 2 aliphatic carbocycles. The third kappa shape index (κ3) is 10.2. The van der Waals surface area contributed by atoms with Crippen LogP contribution >= 0.6 is 0 Å². The molecule has 0 saturated heterocycles. The number of rotatable bonds is 3. The minimum atomic E-state index is -4.35. The summed E-state index contributed by atoms with van der Waals surface area (Å²) in [4.78, 5) is 0. The summed E-state index contributed by atoms with van der Waals surface area (Å²) >= 11 is 1.30. The van der Waals surface area contributed by atoms with Gasteiger partial charge in [-0.1, -0.05) is 176 Å². The Hall–Kier alpha value is -2.65. The van der Waals surface area contributed by atoms with Crippen molar-refractivity contribution in [3.05, 3.63) is 136 Å². The third-order valence-corrected chi connectivity index (χ3v) is 10.8. The molecule has 0 aromatic heterocycles. The van der Waals surface area contributed by atoms with E-state index < -0.39 is 11.7 Å². The first-order valence-electron chi connectivity index (χ1n) is 18.5. The molecule has 2 aliphatic rings. The van der Waals surface area contributed by atoms with Gasteiger partial charge in [-0.25, -0.2) is 6.07 Å². The maximum Gasteiger partial charge on any atom is -1.00 e. The van der Waals surface area contributed by atoms with Crippen LogP contribution in [0.3, 0.4) is 0 Å². The van der Waals surface area contributed by atoms with E-state index in [1.54, 1.807) is 17.7 Å². The third-order valence-electron chi connectivity index (χ3n) is 10.8. The normalized spacial score (nSPS) is 14.5. The first-order valence-corrected chi connectivity index (χ1v) is 20.3. The minimum absolute atomic E-state index is 0. The molecule has 5 aromatic carbocycles. The fourth-order valence-electron chi connectivity index (χ4n) is 7.88. The van der Waals surface area contributed by atoms with Gasteiger partial charge in [0.15, 0.2) is 0 Å². The van der Waals surface area contributed by atoms with Crippen molar-refractivity contribution in [2.24, 2.45) is 0 Å². The average molecular weight is 849 g/mol. The van der Waals surface area contributed by atoms with Crippen LogP contribution in [0.2, 0.25) is 0 Å². The van der Waals surface area contributed by atoms with E-state index in [9.17, 15) is 13.2 Å². The molecule has 0 amide bonds. The monoisotopic (exact) mass is 846 g/mol. The summed E-state index contributed by atoms with van der Waals surface area (Å²) in [5.74, 6) is 0. The molecule has 0 radical (unpaired) electrons. The topological polar surface area (TPSA) is 0 Å². The zero-order valence-electron chi connectivity index (χ0n) is 33.0. The van der Waals surface area contributed by atoms with Crippen molar-refractivity contribution in [1.82, 2.24) is 0 Å². The molecule has 0 atom stereocenters. The van der Waals surface area contributed by atoms with Crippen LogP contribution in [0.1, 0.15) is 120 Å². The molecule has 0 N–H and O–H groups in total. The van der Waals surface area contributed by atoms with Gasteiger partial charge in [-0.05, 0) is 39.5 Å². The zero-order valence-corrected chi connectivity index (χ0v) is 37.0. The summed E-state index contributed by atoms with van der Waals surface area (Å²) in [5.41, 5.74) is 13.9. The predicted molar refractivity (Wildman–Crippen MR) is 211 cm³/mol. The molecule has 0 unspecified atom stereocenters. The van der Waals surface area contributed by atoms with Crippen LogP contribution in [0, 0.1) is 13.0 Å². The van der Waals surface area contributed by atoms with E-state index >= 15 is 0 Å². The second-order valence-electron chi connectivity index (χ2n) is 16.9. The summed E-state index contributed by atoms with van der Waals surface area (Å²) < 4.78 is 42.9. The number of hydrogen-bond donors (Lipinski definition) is 0. The van der Waals surface area contributed by atoms with E-state index in [-0.39, 0.29) is 35.6 Å². The molecule has 54 heavy (non-hydrogen) atoms. The first-order chi connectivity index (χ1) is 24.4. The Kier molecular flexibility index (Phi) is 15.3. The molecular weight excluding hydrogens is 796 g/mol. The largest absolute Gasteiger partial charge is 1.00 e. The number of hydrogen-bond acceptors (Lipinski definition) is 0.